The summed E-state index contributed by atoms with van der Waals surface area (Å²) in [6, 6.07) is 2.81. The van der Waals surface area contributed by atoms with Gasteiger partial charge in [-0.2, -0.15) is 0 Å². The van der Waals surface area contributed by atoms with Gasteiger partial charge in [0.2, 0.25) is 5.95 Å². The average Bonchev–Trinajstić information content (AvgIpc) is 3.65. The van der Waals surface area contributed by atoms with Gasteiger partial charge in [0.05, 0.1) is 42.2 Å². The maximum absolute atomic E-state index is 15.6. The molecule has 11 nitrogen and oxygen atoms in total. The molecule has 5 heterocycles. The Morgan fingerprint density at radius 3 is 2.92 bits per heavy atom. The van der Waals surface area contributed by atoms with Crippen molar-refractivity contribution in [3.8, 4) is 11.3 Å². The van der Waals surface area contributed by atoms with Gasteiger partial charge in [-0.15, -0.1) is 0 Å². The van der Waals surface area contributed by atoms with Crippen LogP contribution in [0.25, 0.3) is 22.3 Å². The second-order valence-electron chi connectivity index (χ2n) is 10.5. The van der Waals surface area contributed by atoms with Gasteiger partial charge in [-0.25, -0.2) is 24.1 Å². The van der Waals surface area contributed by atoms with Crippen LogP contribution in [-0.2, 0) is 14.2 Å². The van der Waals surface area contributed by atoms with Crippen LogP contribution in [0.1, 0.15) is 44.5 Å². The monoisotopic (exact) mass is 560 g/mol. The Morgan fingerprint density at radius 1 is 1.33 bits per heavy atom. The number of nitrogens with zero attached hydrogens (tertiary/aromatic N) is 5. The Balaban J connectivity index is 1.35. The number of fused-ring (bicyclic) bond motifs is 3. The zero-order chi connectivity index (χ0) is 27.4. The summed E-state index contributed by atoms with van der Waals surface area (Å²) in [5.41, 5.74) is 1.70. The van der Waals surface area contributed by atoms with Crippen molar-refractivity contribution in [3.05, 3.63) is 35.0 Å². The fourth-order valence-electron chi connectivity index (χ4n) is 5.74. The Morgan fingerprint density at radius 2 is 2.15 bits per heavy atom. The third kappa shape index (κ3) is 4.69. The quantitative estimate of drug-likeness (QED) is 0.480. The van der Waals surface area contributed by atoms with Crippen LogP contribution in [0.2, 0.25) is 5.02 Å². The van der Waals surface area contributed by atoms with Crippen molar-refractivity contribution in [2.75, 3.05) is 32.1 Å². The van der Waals surface area contributed by atoms with E-state index in [0.29, 0.717) is 49.3 Å². The number of imidazole rings is 1. The summed E-state index contributed by atoms with van der Waals surface area (Å²) in [5.74, 6) is 0.435. The van der Waals surface area contributed by atoms with Crippen molar-refractivity contribution in [3.63, 3.8) is 0 Å². The summed E-state index contributed by atoms with van der Waals surface area (Å²) in [6.07, 6.45) is 0.635. The van der Waals surface area contributed by atoms with E-state index in [-0.39, 0.29) is 46.9 Å². The molecule has 1 aromatic carbocycles. The van der Waals surface area contributed by atoms with E-state index in [1.54, 1.807) is 4.90 Å². The van der Waals surface area contributed by atoms with Crippen LogP contribution >= 0.6 is 11.6 Å². The first-order valence-electron chi connectivity index (χ1n) is 13.0. The number of halogens is 2. The minimum absolute atomic E-state index is 0.0162. The molecule has 0 radical (unpaired) electrons. The Kier molecular flexibility index (Phi) is 6.82. The van der Waals surface area contributed by atoms with Gasteiger partial charge in [-0.05, 0) is 32.4 Å². The van der Waals surface area contributed by atoms with Crippen molar-refractivity contribution in [1.82, 2.24) is 24.4 Å². The van der Waals surface area contributed by atoms with Crippen LogP contribution in [0, 0.1) is 5.82 Å². The van der Waals surface area contributed by atoms with Crippen molar-refractivity contribution in [2.24, 2.45) is 0 Å². The van der Waals surface area contributed by atoms with Crippen LogP contribution in [0.3, 0.4) is 0 Å². The maximum atomic E-state index is 15.6. The molecule has 2 bridgehead atoms. The van der Waals surface area contributed by atoms with E-state index in [2.05, 4.69) is 15.3 Å². The number of benzene rings is 1. The molecular formula is C26H30ClFN6O5. The van der Waals surface area contributed by atoms with Gasteiger partial charge < -0.3 is 34.1 Å². The molecule has 0 spiro atoms. The number of likely N-dealkylation sites (tertiary alicyclic amines) is 1. The molecule has 0 unspecified atom stereocenters. The highest BCUT2D eigenvalue weighted by Crippen LogP contribution is 2.36. The zero-order valence-corrected chi connectivity index (χ0v) is 22.6. The molecule has 1 amide bonds. The predicted molar refractivity (Wildman–Crippen MR) is 140 cm³/mol. The molecule has 208 valence electrons. The standard InChI is InChI=1S/C26H30ClFN6O5/c1-12(2)34-18-7-14(6-16(28)22(18)31-24(34)13-4-5-33(10-13)26(36)37-3)21-15(27)9-29-25(32-21)30-17-8-20-38-11-19(39-20)23(17)35/h6-7,9,12-13,17,19-20,23,35H,4-5,8,10-11H2,1-3H3,(H,29,30,32)/t13-,17-,19-,20-,23+/m1/s1. The van der Waals surface area contributed by atoms with Gasteiger partial charge in [0, 0.05) is 37.0 Å². The molecule has 3 aliphatic heterocycles. The number of aliphatic hydroxyl groups is 1. The summed E-state index contributed by atoms with van der Waals surface area (Å²) in [6.45, 7) is 5.36. The number of methoxy groups -OCH3 is 1. The summed E-state index contributed by atoms with van der Waals surface area (Å²) in [7, 11) is 1.36. The van der Waals surface area contributed by atoms with Crippen molar-refractivity contribution >= 4 is 34.7 Å². The minimum atomic E-state index is -0.787. The molecule has 6 rings (SSSR count). The SMILES string of the molecule is COC(=O)N1CC[C@@H](c2nc3c(F)cc(-c4nc(N[C@@H]5C[C@@H]6OC[C@@H](O6)[C@H]5O)ncc4Cl)cc3n2C(C)C)C1. The number of amides is 1. The first-order valence-corrected chi connectivity index (χ1v) is 13.4. The molecule has 13 heteroatoms. The number of hydrogen-bond donors (Lipinski definition) is 2. The molecule has 3 aliphatic rings. The van der Waals surface area contributed by atoms with Crippen LogP contribution in [-0.4, -0.2) is 87.0 Å². The molecule has 2 aromatic heterocycles. The molecule has 39 heavy (non-hydrogen) atoms. The highest BCUT2D eigenvalue weighted by molar-refractivity contribution is 6.33. The first-order chi connectivity index (χ1) is 18.7. The second kappa shape index (κ2) is 10.2. The molecule has 5 atom stereocenters. The number of rotatable bonds is 5. The summed E-state index contributed by atoms with van der Waals surface area (Å²) in [5, 5.41) is 14.0. The second-order valence-corrected chi connectivity index (χ2v) is 10.9. The lowest BCUT2D eigenvalue weighted by Crippen LogP contribution is -2.48. The number of carbonyl (C=O) groups excluding carboxylic acids is 1. The number of ether oxygens (including phenoxy) is 3. The van der Waals surface area contributed by atoms with Crippen molar-refractivity contribution < 1.29 is 28.5 Å². The lowest BCUT2D eigenvalue weighted by Gasteiger charge is -2.32. The topological polar surface area (TPSA) is 124 Å². The molecule has 3 fully saturated rings. The highest BCUT2D eigenvalue weighted by atomic mass is 35.5. The van der Waals surface area contributed by atoms with Gasteiger partial charge in [-0.3, -0.25) is 0 Å². The lowest BCUT2D eigenvalue weighted by molar-refractivity contribution is -0.123. The normalized spacial score (nSPS) is 26.5. The molecular weight excluding hydrogens is 531 g/mol. The number of aliphatic hydroxyl groups excluding tert-OH is 1. The van der Waals surface area contributed by atoms with Crippen molar-refractivity contribution in [2.45, 2.75) is 63.2 Å². The Bertz CT molecular complexity index is 1420. The summed E-state index contributed by atoms with van der Waals surface area (Å²) in [4.78, 5) is 27.2. The smallest absolute Gasteiger partial charge is 0.409 e. The van der Waals surface area contributed by atoms with E-state index >= 15 is 4.39 Å². The molecule has 3 aromatic rings. The van der Waals surface area contributed by atoms with E-state index < -0.39 is 18.0 Å². The van der Waals surface area contributed by atoms with E-state index in [9.17, 15) is 9.90 Å². The van der Waals surface area contributed by atoms with Gasteiger partial charge in [0.15, 0.2) is 12.1 Å². The molecule has 3 saturated heterocycles. The fourth-order valence-corrected chi connectivity index (χ4v) is 5.94. The lowest BCUT2D eigenvalue weighted by atomic mass is 10.0. The molecule has 0 saturated carbocycles. The highest BCUT2D eigenvalue weighted by Gasteiger charge is 2.43. The Hall–Kier alpha value is -3.06. The van der Waals surface area contributed by atoms with Gasteiger partial charge in [0.25, 0.3) is 0 Å². The van der Waals surface area contributed by atoms with E-state index in [4.69, 9.17) is 30.8 Å². The average molecular weight is 561 g/mol. The van der Waals surface area contributed by atoms with E-state index in [1.807, 2.05) is 24.5 Å². The van der Waals surface area contributed by atoms with Gasteiger partial charge in [-0.1, -0.05) is 11.6 Å². The predicted octanol–water partition coefficient (Wildman–Crippen LogP) is 3.71. The third-order valence-corrected chi connectivity index (χ3v) is 7.90. The largest absolute Gasteiger partial charge is 0.453 e. The van der Waals surface area contributed by atoms with Crippen LogP contribution in [0.5, 0.6) is 0 Å². The van der Waals surface area contributed by atoms with E-state index in [1.165, 1.54) is 19.4 Å². The number of carbonyl (C=O) groups is 1. The summed E-state index contributed by atoms with van der Waals surface area (Å²) >= 11 is 6.50. The van der Waals surface area contributed by atoms with Crippen LogP contribution < -0.4 is 5.32 Å². The van der Waals surface area contributed by atoms with Crippen LogP contribution in [0.4, 0.5) is 15.1 Å². The van der Waals surface area contributed by atoms with E-state index in [0.717, 1.165) is 5.82 Å². The molecule has 2 N–H and O–H groups in total. The van der Waals surface area contributed by atoms with Gasteiger partial charge in [0.1, 0.15) is 23.5 Å². The minimum Gasteiger partial charge on any atom is -0.453 e. The van der Waals surface area contributed by atoms with Gasteiger partial charge >= 0.3 is 6.09 Å². The van der Waals surface area contributed by atoms with Crippen LogP contribution in [0.15, 0.2) is 18.3 Å². The fraction of sp³-hybridized carbons (Fsp3) is 0.538. The number of nitrogens with one attached hydrogen (secondary N) is 1. The Labute approximate surface area is 229 Å². The van der Waals surface area contributed by atoms with Crippen molar-refractivity contribution in [1.29, 1.82) is 0 Å². The third-order valence-electron chi connectivity index (χ3n) is 7.62. The molecule has 0 aliphatic carbocycles. The summed E-state index contributed by atoms with van der Waals surface area (Å²) < 4.78 is 33.5. The number of anilines is 1. The first kappa shape index (κ1) is 26.2. The number of hydrogen-bond acceptors (Lipinski definition) is 9. The maximum Gasteiger partial charge on any atom is 0.409 e. The number of aromatic nitrogens is 4. The zero-order valence-electron chi connectivity index (χ0n) is 21.8.